The monoisotopic (exact) mass is 268 g/mol. The maximum absolute atomic E-state index is 12.3. The molecular formula is C14H12N4O2. The Morgan fingerprint density at radius 1 is 1.30 bits per heavy atom. The van der Waals surface area contributed by atoms with Crippen molar-refractivity contribution in [3.63, 3.8) is 0 Å². The van der Waals surface area contributed by atoms with Crippen LogP contribution in [0.25, 0.3) is 0 Å². The number of aromatic nitrogens is 3. The van der Waals surface area contributed by atoms with E-state index in [1.807, 2.05) is 31.2 Å². The van der Waals surface area contributed by atoms with Crippen LogP contribution in [0, 0.1) is 19.3 Å². The van der Waals surface area contributed by atoms with Gasteiger partial charge in [-0.2, -0.15) is 9.67 Å². The fourth-order valence-corrected chi connectivity index (χ4v) is 2.19. The number of hydrogen-bond acceptors (Lipinski definition) is 3. The topological polar surface area (TPSA) is 60.1 Å². The van der Waals surface area contributed by atoms with Crippen molar-refractivity contribution in [2.45, 2.75) is 20.0 Å². The van der Waals surface area contributed by atoms with Gasteiger partial charge >= 0.3 is 11.7 Å². The second-order valence-electron chi connectivity index (χ2n) is 4.60. The summed E-state index contributed by atoms with van der Waals surface area (Å²) in [4.78, 5) is 25.8. The summed E-state index contributed by atoms with van der Waals surface area (Å²) in [5.41, 5.74) is 1.36. The largest absolute Gasteiger partial charge is 0.355 e. The Morgan fingerprint density at radius 2 is 2.00 bits per heavy atom. The van der Waals surface area contributed by atoms with Gasteiger partial charge in [-0.1, -0.05) is 23.6 Å². The third-order valence-corrected chi connectivity index (χ3v) is 3.21. The fourth-order valence-electron chi connectivity index (χ4n) is 2.19. The zero-order valence-electron chi connectivity index (χ0n) is 10.9. The molecule has 2 heterocycles. The van der Waals surface area contributed by atoms with Crippen molar-refractivity contribution >= 4 is 11.7 Å². The predicted molar refractivity (Wildman–Crippen MR) is 73.5 cm³/mol. The molecule has 1 amide bonds. The van der Waals surface area contributed by atoms with Crippen LogP contribution < -0.4 is 10.6 Å². The number of rotatable bonds is 2. The molecule has 20 heavy (non-hydrogen) atoms. The highest BCUT2D eigenvalue weighted by Crippen LogP contribution is 2.22. The number of anilines is 1. The molecule has 0 unspecified atom stereocenters. The van der Waals surface area contributed by atoms with Crippen LogP contribution in [0.4, 0.5) is 10.5 Å². The lowest BCUT2D eigenvalue weighted by Crippen LogP contribution is -2.34. The number of nitrogens with zero attached hydrogens (tertiary/aromatic N) is 4. The molecule has 0 radical (unpaired) electrons. The Labute approximate surface area is 115 Å². The van der Waals surface area contributed by atoms with Crippen LogP contribution in [-0.4, -0.2) is 20.4 Å². The fraction of sp³-hybridized carbons (Fsp3) is 0.214. The molecule has 0 aliphatic carbocycles. The first kappa shape index (κ1) is 12.2. The van der Waals surface area contributed by atoms with Crippen LogP contribution in [0.15, 0.2) is 29.1 Å². The molecule has 1 aromatic heterocycles. The van der Waals surface area contributed by atoms with Crippen LogP contribution in [0.1, 0.15) is 11.4 Å². The molecule has 0 bridgehead atoms. The molecule has 3 rings (SSSR count). The Morgan fingerprint density at radius 3 is 2.60 bits per heavy atom. The number of fused-ring (bicyclic) bond motifs is 1. The van der Waals surface area contributed by atoms with Crippen molar-refractivity contribution in [1.82, 2.24) is 14.3 Å². The Bertz CT molecular complexity index is 777. The van der Waals surface area contributed by atoms with Gasteiger partial charge in [0.25, 0.3) is 0 Å². The number of carbonyl (C=O) groups excluding carboxylic acids is 1. The standard InChI is InChI=1S/C14H12N4O2/c1-3-8-17-14(20)18-12(15-17)9-16(13(18)19)11-6-4-10(2)5-7-11/h1,4-7H,8-9H2,2H3. The maximum Gasteiger partial charge on any atom is 0.355 e. The molecule has 100 valence electrons. The first-order valence-electron chi connectivity index (χ1n) is 6.12. The lowest BCUT2D eigenvalue weighted by atomic mass is 10.2. The van der Waals surface area contributed by atoms with Gasteiger partial charge in [-0.3, -0.25) is 4.90 Å². The first-order valence-corrected chi connectivity index (χ1v) is 6.12. The minimum Gasteiger partial charge on any atom is -0.286 e. The van der Waals surface area contributed by atoms with E-state index in [-0.39, 0.29) is 13.1 Å². The van der Waals surface area contributed by atoms with Gasteiger partial charge < -0.3 is 0 Å². The normalized spacial score (nSPS) is 13.4. The van der Waals surface area contributed by atoms with E-state index in [4.69, 9.17) is 6.42 Å². The van der Waals surface area contributed by atoms with Crippen molar-refractivity contribution in [2.24, 2.45) is 0 Å². The molecule has 2 aromatic rings. The SMILES string of the molecule is C#CCn1nc2n(c1=O)C(=O)N(c1ccc(C)cc1)C2. The van der Waals surface area contributed by atoms with Crippen molar-refractivity contribution in [1.29, 1.82) is 0 Å². The molecule has 1 aliphatic heterocycles. The third-order valence-electron chi connectivity index (χ3n) is 3.21. The van der Waals surface area contributed by atoms with Gasteiger partial charge in [0.15, 0.2) is 5.82 Å². The summed E-state index contributed by atoms with van der Waals surface area (Å²) in [5.74, 6) is 2.75. The van der Waals surface area contributed by atoms with Gasteiger partial charge in [0.1, 0.15) is 6.54 Å². The quantitative estimate of drug-likeness (QED) is 0.763. The van der Waals surface area contributed by atoms with Crippen LogP contribution >= 0.6 is 0 Å². The summed E-state index contributed by atoms with van der Waals surface area (Å²) in [6, 6.07) is 7.14. The number of aryl methyl sites for hydroxylation is 1. The van der Waals surface area contributed by atoms with Crippen molar-refractivity contribution in [3.05, 3.63) is 46.1 Å². The summed E-state index contributed by atoms with van der Waals surface area (Å²) < 4.78 is 2.19. The lowest BCUT2D eigenvalue weighted by Gasteiger charge is -2.14. The molecule has 1 aliphatic rings. The molecule has 1 aromatic carbocycles. The average Bonchev–Trinajstić information content (AvgIpc) is 2.90. The number of terminal acetylenes is 1. The third kappa shape index (κ3) is 1.72. The van der Waals surface area contributed by atoms with Crippen molar-refractivity contribution in [2.75, 3.05) is 4.90 Å². The summed E-state index contributed by atoms with van der Waals surface area (Å²) in [5, 5.41) is 4.09. The van der Waals surface area contributed by atoms with Gasteiger partial charge in [-0.05, 0) is 19.1 Å². The number of carbonyl (C=O) groups is 1. The average molecular weight is 268 g/mol. The molecule has 6 heteroatoms. The highest BCUT2D eigenvalue weighted by Gasteiger charge is 2.33. The predicted octanol–water partition coefficient (Wildman–Crippen LogP) is 0.975. The van der Waals surface area contributed by atoms with Gasteiger partial charge in [0.2, 0.25) is 0 Å². The number of hydrogen-bond donors (Lipinski definition) is 0. The van der Waals surface area contributed by atoms with Crippen LogP contribution in [0.3, 0.4) is 0 Å². The van der Waals surface area contributed by atoms with Gasteiger partial charge in [-0.15, -0.1) is 6.42 Å². The molecule has 0 fully saturated rings. The van der Waals surface area contributed by atoms with Crippen LogP contribution in [0.5, 0.6) is 0 Å². The van der Waals surface area contributed by atoms with E-state index in [2.05, 4.69) is 11.0 Å². The zero-order valence-corrected chi connectivity index (χ0v) is 10.9. The summed E-state index contributed by atoms with van der Waals surface area (Å²) in [6.07, 6.45) is 5.16. The second-order valence-corrected chi connectivity index (χ2v) is 4.60. The van der Waals surface area contributed by atoms with Crippen molar-refractivity contribution in [3.8, 4) is 12.3 Å². The highest BCUT2D eigenvalue weighted by molar-refractivity contribution is 5.96. The Kier molecular flexibility index (Phi) is 2.68. The van der Waals surface area contributed by atoms with E-state index in [0.717, 1.165) is 20.5 Å². The molecule has 0 saturated carbocycles. The molecule has 0 N–H and O–H groups in total. The molecule has 0 spiro atoms. The Balaban J connectivity index is 1.98. The molecule has 0 saturated heterocycles. The summed E-state index contributed by atoms with van der Waals surface area (Å²) >= 11 is 0. The van der Waals surface area contributed by atoms with Crippen LogP contribution in [-0.2, 0) is 13.1 Å². The highest BCUT2D eigenvalue weighted by atomic mass is 16.2. The van der Waals surface area contributed by atoms with E-state index in [1.165, 1.54) is 4.90 Å². The maximum atomic E-state index is 12.3. The van der Waals surface area contributed by atoms with E-state index in [9.17, 15) is 9.59 Å². The van der Waals surface area contributed by atoms with Crippen molar-refractivity contribution < 1.29 is 4.79 Å². The second kappa shape index (κ2) is 4.38. The lowest BCUT2D eigenvalue weighted by molar-refractivity contribution is 0.250. The van der Waals surface area contributed by atoms with E-state index < -0.39 is 11.7 Å². The van der Waals surface area contributed by atoms with Gasteiger partial charge in [0.05, 0.1) is 6.54 Å². The van der Waals surface area contributed by atoms with Gasteiger partial charge in [0, 0.05) is 5.69 Å². The molecular weight excluding hydrogens is 256 g/mol. The minimum atomic E-state index is -0.488. The van der Waals surface area contributed by atoms with E-state index in [0.29, 0.717) is 5.82 Å². The van der Waals surface area contributed by atoms with Crippen LogP contribution in [0.2, 0.25) is 0 Å². The molecule has 6 nitrogen and oxygen atoms in total. The Hall–Kier alpha value is -2.81. The summed E-state index contributed by atoms with van der Waals surface area (Å²) in [6.45, 7) is 2.31. The zero-order chi connectivity index (χ0) is 14.3. The summed E-state index contributed by atoms with van der Waals surface area (Å²) in [7, 11) is 0. The van der Waals surface area contributed by atoms with Gasteiger partial charge in [-0.25, -0.2) is 14.3 Å². The smallest absolute Gasteiger partial charge is 0.286 e. The minimum absolute atomic E-state index is 0.0661. The number of amides is 1. The number of benzene rings is 1. The molecule has 0 atom stereocenters. The first-order chi connectivity index (χ1) is 9.61. The van der Waals surface area contributed by atoms with E-state index in [1.54, 1.807) is 0 Å². The van der Waals surface area contributed by atoms with E-state index >= 15 is 0 Å².